The number of carbonyl (C=O) groups excluding carboxylic acids is 10. The van der Waals surface area contributed by atoms with Gasteiger partial charge in [0.05, 0.1) is 31.5 Å². The monoisotopic (exact) mass is 1280 g/mol. The van der Waals surface area contributed by atoms with Crippen LogP contribution in [0.15, 0.2) is 52.8 Å². The van der Waals surface area contributed by atoms with Crippen molar-refractivity contribution in [2.24, 2.45) is 44.6 Å². The number of aromatic amines is 1. The number of benzene rings is 1. The molecule has 2 rings (SSSR count). The smallest absolute Gasteiger partial charge is 0.326 e. The van der Waals surface area contributed by atoms with E-state index in [0.29, 0.717) is 5.56 Å². The predicted molar refractivity (Wildman–Crippen MR) is 323 cm³/mol. The van der Waals surface area contributed by atoms with Crippen molar-refractivity contribution in [3.05, 3.63) is 54.1 Å². The lowest BCUT2D eigenvalue weighted by Crippen LogP contribution is -2.60. The Hall–Kier alpha value is -9.16. The molecule has 0 aliphatic heterocycles. The van der Waals surface area contributed by atoms with Gasteiger partial charge in [-0.05, 0) is 64.4 Å². The van der Waals surface area contributed by atoms with Gasteiger partial charge in [-0.25, -0.2) is 9.78 Å². The number of carbonyl (C=O) groups is 12. The van der Waals surface area contributed by atoms with E-state index < -0.39 is 157 Å². The van der Waals surface area contributed by atoms with Gasteiger partial charge in [-0.1, -0.05) is 44.2 Å². The minimum atomic E-state index is -1.94. The van der Waals surface area contributed by atoms with Gasteiger partial charge in [-0.15, -0.1) is 0 Å². The number of H-pyrrole nitrogens is 1. The van der Waals surface area contributed by atoms with Gasteiger partial charge in [0.1, 0.15) is 60.4 Å². The molecule has 0 saturated heterocycles. The second kappa shape index (κ2) is 38.9. The van der Waals surface area contributed by atoms with Gasteiger partial charge in [-0.2, -0.15) is 12.6 Å². The van der Waals surface area contributed by atoms with Crippen molar-refractivity contribution in [1.29, 1.82) is 0 Å². The number of hydrogen-bond donors (Lipinski definition) is 21. The van der Waals surface area contributed by atoms with Gasteiger partial charge >= 0.3 is 11.9 Å². The Balaban J connectivity index is 2.35. The molecule has 0 fully saturated rings. The Morgan fingerprint density at radius 3 is 1.58 bits per heavy atom. The van der Waals surface area contributed by atoms with Crippen LogP contribution in [-0.2, 0) is 70.4 Å². The number of nitrogens with one attached hydrogen (secondary N) is 11. The number of carboxylic acid groups (broad SMARTS) is 2. The molecule has 2 aromatic rings. The van der Waals surface area contributed by atoms with Crippen molar-refractivity contribution >= 4 is 95.6 Å². The van der Waals surface area contributed by atoms with E-state index >= 15 is 0 Å². The SMILES string of the molecule is CC(C)C[C@H](NC(=O)CNC(=O)[C@H](CCCN=C(N)N)NC(=O)[C@H](Cc1cnc[nH]1)NC(=O)[C@H](CC(=O)O)NC(=O)[C@H](C)NC(=O)[C@H](CCCN=C(N)N)NC(=O)[C@H](CS)NC(=O)[C@@H](N)[C@@H](C)O)C(=O)N[C@H](C(=O)N[C@@H](Cc1ccccc1)C(=O)O)[C@@H](C)O. The van der Waals surface area contributed by atoms with E-state index in [1.165, 1.54) is 33.3 Å². The van der Waals surface area contributed by atoms with Gasteiger partial charge in [0.25, 0.3) is 0 Å². The first-order valence-corrected chi connectivity index (χ1v) is 28.8. The number of amides is 10. The maximum absolute atomic E-state index is 14.3. The number of aliphatic imine (C=N–C) groups is 2. The van der Waals surface area contributed by atoms with Crippen molar-refractivity contribution < 1.29 is 78.0 Å². The molecule has 0 aliphatic carbocycles. The number of aliphatic hydroxyl groups excluding tert-OH is 2. The van der Waals surface area contributed by atoms with Crippen LogP contribution in [0.3, 0.4) is 0 Å². The molecule has 89 heavy (non-hydrogen) atoms. The predicted octanol–water partition coefficient (Wildman–Crippen LogP) is -7.57. The van der Waals surface area contributed by atoms with Gasteiger partial charge < -0.3 is 107 Å². The highest BCUT2D eigenvalue weighted by Gasteiger charge is 2.36. The molecule has 0 spiro atoms. The van der Waals surface area contributed by atoms with Crippen LogP contribution in [0, 0.1) is 5.92 Å². The second-order valence-corrected chi connectivity index (χ2v) is 21.4. The highest BCUT2D eigenvalue weighted by Crippen LogP contribution is 2.11. The lowest BCUT2D eigenvalue weighted by molar-refractivity contribution is -0.143. The summed E-state index contributed by atoms with van der Waals surface area (Å²) in [6.07, 6.45) is -2.14. The van der Waals surface area contributed by atoms with E-state index in [9.17, 15) is 78.0 Å². The lowest BCUT2D eigenvalue weighted by atomic mass is 10.0. The van der Waals surface area contributed by atoms with Crippen LogP contribution in [-0.4, -0.2) is 211 Å². The molecule has 1 aromatic heterocycles. The average Bonchev–Trinajstić information content (AvgIpc) is 3.89. The van der Waals surface area contributed by atoms with Gasteiger partial charge in [-0.3, -0.25) is 62.7 Å². The Kier molecular flexibility index (Phi) is 33.2. The average molecular weight is 1280 g/mol. The normalized spacial score (nSPS) is 15.0. The van der Waals surface area contributed by atoms with Crippen molar-refractivity contribution in [3.8, 4) is 0 Å². The van der Waals surface area contributed by atoms with Gasteiger partial charge in [0.2, 0.25) is 59.1 Å². The first-order chi connectivity index (χ1) is 41.8. The third kappa shape index (κ3) is 28.9. The number of aliphatic hydroxyl groups is 2. The summed E-state index contributed by atoms with van der Waals surface area (Å²) in [7, 11) is 0. The molecule has 494 valence electrons. The Bertz CT molecular complexity index is 2770. The number of thiol groups is 1. The largest absolute Gasteiger partial charge is 0.481 e. The number of hydrogen-bond acceptors (Lipinski definition) is 19. The molecule has 12 atom stereocenters. The number of rotatable bonds is 40. The van der Waals surface area contributed by atoms with Crippen LogP contribution in [0.2, 0.25) is 0 Å². The molecule has 0 aliphatic rings. The first kappa shape index (κ1) is 75.9. The summed E-state index contributed by atoms with van der Waals surface area (Å²) in [6, 6.07) is -7.03. The van der Waals surface area contributed by atoms with Gasteiger partial charge in [0.15, 0.2) is 11.9 Å². The molecule has 36 heteroatoms. The summed E-state index contributed by atoms with van der Waals surface area (Å²) in [5.41, 5.74) is 28.3. The van der Waals surface area contributed by atoms with E-state index in [-0.39, 0.29) is 87.3 Å². The van der Waals surface area contributed by atoms with Crippen molar-refractivity contribution in [1.82, 2.24) is 63.1 Å². The van der Waals surface area contributed by atoms with Crippen LogP contribution >= 0.6 is 12.6 Å². The van der Waals surface area contributed by atoms with Crippen LogP contribution in [0.1, 0.15) is 84.4 Å². The third-order valence-electron chi connectivity index (χ3n) is 12.9. The summed E-state index contributed by atoms with van der Waals surface area (Å²) in [5, 5.41) is 63.8. The minimum Gasteiger partial charge on any atom is -0.481 e. The van der Waals surface area contributed by atoms with E-state index in [1.807, 2.05) is 0 Å². The van der Waals surface area contributed by atoms with Crippen LogP contribution < -0.4 is 81.8 Å². The summed E-state index contributed by atoms with van der Waals surface area (Å²) in [6.45, 7) is 6.16. The number of nitrogens with zero attached hydrogens (tertiary/aromatic N) is 3. The molecular formula is C53H85N19O16S. The molecule has 0 unspecified atom stereocenters. The molecule has 0 saturated carbocycles. The molecule has 10 amide bonds. The number of guanidine groups is 2. The van der Waals surface area contributed by atoms with Gasteiger partial charge in [0, 0.05) is 43.6 Å². The zero-order chi connectivity index (χ0) is 67.1. The molecular weight excluding hydrogens is 1190 g/mol. The summed E-state index contributed by atoms with van der Waals surface area (Å²) in [4.78, 5) is 175. The lowest BCUT2D eigenvalue weighted by Gasteiger charge is -2.27. The maximum Gasteiger partial charge on any atom is 0.326 e. The Morgan fingerprint density at radius 1 is 0.573 bits per heavy atom. The van der Waals surface area contributed by atoms with Crippen molar-refractivity contribution in [2.45, 2.75) is 159 Å². The fourth-order valence-corrected chi connectivity index (χ4v) is 8.39. The first-order valence-electron chi connectivity index (χ1n) is 28.1. The Labute approximate surface area is 517 Å². The third-order valence-corrected chi connectivity index (χ3v) is 13.3. The second-order valence-electron chi connectivity index (χ2n) is 21.0. The van der Waals surface area contributed by atoms with Crippen LogP contribution in [0.4, 0.5) is 0 Å². The number of nitrogens with two attached hydrogens (primary N) is 5. The maximum atomic E-state index is 14.3. The zero-order valence-electron chi connectivity index (χ0n) is 49.9. The summed E-state index contributed by atoms with van der Waals surface area (Å²) < 4.78 is 0. The fourth-order valence-electron chi connectivity index (χ4n) is 8.14. The fraction of sp³-hybridized carbons (Fsp3) is 0.566. The van der Waals surface area contributed by atoms with Crippen LogP contribution in [0.25, 0.3) is 0 Å². The van der Waals surface area contributed by atoms with E-state index in [1.54, 1.807) is 44.2 Å². The number of imidazole rings is 1. The van der Waals surface area contributed by atoms with Crippen molar-refractivity contribution in [3.63, 3.8) is 0 Å². The number of carboxylic acids is 2. The molecule has 35 nitrogen and oxygen atoms in total. The topological polar surface area (TPSA) is 590 Å². The minimum absolute atomic E-state index is 0.00873. The highest BCUT2D eigenvalue weighted by molar-refractivity contribution is 7.80. The molecule has 0 bridgehead atoms. The number of aliphatic carboxylic acids is 2. The van der Waals surface area contributed by atoms with Crippen LogP contribution in [0.5, 0.6) is 0 Å². The van der Waals surface area contributed by atoms with E-state index in [0.717, 1.165) is 0 Å². The molecule has 25 N–H and O–H groups in total. The summed E-state index contributed by atoms with van der Waals surface area (Å²) in [5.74, 6) is -14.2. The summed E-state index contributed by atoms with van der Waals surface area (Å²) >= 11 is 4.10. The quantitative estimate of drug-likeness (QED) is 0.0128. The van der Waals surface area contributed by atoms with Crippen molar-refractivity contribution in [2.75, 3.05) is 25.4 Å². The molecule has 1 heterocycles. The number of aromatic nitrogens is 2. The molecule has 1 aromatic carbocycles. The highest BCUT2D eigenvalue weighted by atomic mass is 32.1. The Morgan fingerprint density at radius 2 is 1.08 bits per heavy atom. The standard InChI is InChI=1S/C53H85N19O16S/c1-25(2)17-33(47(83)72-41(28(5)74)50(86)70-36(51(87)88)18-29-11-7-6-8-12-29)65-38(75)22-62-43(79)31(13-9-15-60-52(55)56)66-45(81)34(19-30-21-59-24-63-30)69-46(82)35(20-39(76)77)68-42(78)26(3)64-44(80)32(14-10-16-61-53(57)58)67-48(84)37(23-89)71-49(85)40(54)27(4)73/h6-8,11-12,21,24-28,31-37,40-41,73-74,89H,9-10,13-20,22-23,54H2,1-5H3,(H,59,63)(H,62,79)(H,64,80)(H,65,75)(H,66,81)(H,67,84)(H,68,78)(H,69,82)(H,70,86)(H,71,85)(H,72,83)(H,76,77)(H,87,88)(H4,55,56,60)(H4,57,58,61)/t26-,27+,28+,31-,32-,33-,34-,35-,36-,37-,40-,41-/m0/s1. The zero-order valence-corrected chi connectivity index (χ0v) is 50.8. The molecule has 0 radical (unpaired) electrons. The van der Waals surface area contributed by atoms with E-state index in [2.05, 4.69) is 85.7 Å². The van der Waals surface area contributed by atoms with E-state index in [4.69, 9.17) is 28.7 Å².